The van der Waals surface area contributed by atoms with E-state index in [0.29, 0.717) is 150 Å². The Kier molecular flexibility index (Phi) is 26.8. The van der Waals surface area contributed by atoms with Crippen molar-refractivity contribution in [1.29, 1.82) is 0 Å². The van der Waals surface area contributed by atoms with E-state index in [9.17, 15) is 64.3 Å². The lowest BCUT2D eigenvalue weighted by Gasteiger charge is -2.30. The van der Waals surface area contributed by atoms with Crippen LogP contribution in [0, 0.1) is 0 Å². The second-order valence-corrected chi connectivity index (χ2v) is 27.9. The Morgan fingerprint density at radius 2 is 0.989 bits per heavy atom. The number of unbranched alkanes of at least 4 members (excludes halogenated alkanes) is 4. The molecule has 2 saturated heterocycles. The van der Waals surface area contributed by atoms with E-state index in [2.05, 4.69) is 20.1 Å². The van der Waals surface area contributed by atoms with E-state index >= 15 is 0 Å². The summed E-state index contributed by atoms with van der Waals surface area (Å²) in [6.07, 6.45) is 29.0. The topological polar surface area (TPSA) is 301 Å². The molecule has 5 aliphatic rings. The quantitative estimate of drug-likeness (QED) is 0.0525. The van der Waals surface area contributed by atoms with Gasteiger partial charge in [0.2, 0.25) is 17.5 Å². The zero-order chi connectivity index (χ0) is 65.6. The van der Waals surface area contributed by atoms with Gasteiger partial charge >= 0.3 is 11.9 Å². The molecule has 0 spiro atoms. The fourth-order valence-electron chi connectivity index (χ4n) is 13.0. The van der Waals surface area contributed by atoms with Crippen molar-refractivity contribution in [2.24, 2.45) is 0 Å². The molecular weight excluding hydrogens is 1210 g/mol. The van der Waals surface area contributed by atoms with Gasteiger partial charge in [-0.1, -0.05) is 102 Å². The van der Waals surface area contributed by atoms with Crippen molar-refractivity contribution in [3.8, 4) is 0 Å². The van der Waals surface area contributed by atoms with E-state index in [1.807, 2.05) is 44.2 Å². The number of allylic oxidation sites excluding steroid dienone is 6. The zero-order valence-electron chi connectivity index (χ0n) is 53.0. The van der Waals surface area contributed by atoms with Crippen molar-refractivity contribution in [2.45, 2.75) is 240 Å². The van der Waals surface area contributed by atoms with Crippen LogP contribution in [0.3, 0.4) is 0 Å². The summed E-state index contributed by atoms with van der Waals surface area (Å²) in [7, 11) is -9.25. The average Bonchev–Trinajstić information content (AvgIpc) is 1.61. The number of imide groups is 2. The van der Waals surface area contributed by atoms with Crippen molar-refractivity contribution >= 4 is 84.7 Å². The average molecular weight is 1300 g/mol. The van der Waals surface area contributed by atoms with Crippen molar-refractivity contribution in [3.05, 3.63) is 83.6 Å². The number of nitrogens with zero attached hydrogens (tertiary/aromatic N) is 4. The number of hydrogen-bond acceptors (Lipinski definition) is 15. The van der Waals surface area contributed by atoms with Gasteiger partial charge in [-0.3, -0.25) is 37.9 Å². The van der Waals surface area contributed by atoms with Crippen molar-refractivity contribution in [3.63, 3.8) is 0 Å². The molecule has 4 N–H and O–H groups in total. The maximum atomic E-state index is 13.0. The molecule has 5 aliphatic heterocycles. The first-order valence-electron chi connectivity index (χ1n) is 32.9. The molecule has 91 heavy (non-hydrogen) atoms. The van der Waals surface area contributed by atoms with Gasteiger partial charge in [0.1, 0.15) is 6.54 Å². The number of nitrogens with one attached hydrogen (secondary N) is 2. The molecule has 498 valence electrons. The molecule has 2 aromatic carbocycles. The van der Waals surface area contributed by atoms with Crippen LogP contribution in [-0.4, -0.2) is 120 Å². The number of hydrogen-bond donors (Lipinski definition) is 4. The van der Waals surface area contributed by atoms with Gasteiger partial charge in [0.05, 0.1) is 15.2 Å². The van der Waals surface area contributed by atoms with Crippen molar-refractivity contribution in [1.82, 2.24) is 20.8 Å². The van der Waals surface area contributed by atoms with E-state index in [-0.39, 0.29) is 60.1 Å². The summed E-state index contributed by atoms with van der Waals surface area (Å²) < 4.78 is 73.9. The summed E-state index contributed by atoms with van der Waals surface area (Å²) in [5.41, 5.74) is 2.85. The third kappa shape index (κ3) is 20.3. The highest BCUT2D eigenvalue weighted by Crippen LogP contribution is 2.52. The van der Waals surface area contributed by atoms with Crippen LogP contribution in [0.1, 0.15) is 230 Å². The summed E-state index contributed by atoms with van der Waals surface area (Å²) in [5.74, 6) is -3.66. The Hall–Kier alpha value is -6.89. The summed E-state index contributed by atoms with van der Waals surface area (Å²) in [5, 5.41) is 7.22. The van der Waals surface area contributed by atoms with Gasteiger partial charge in [-0.2, -0.15) is 21.4 Å². The Labute approximate surface area is 536 Å². The molecule has 2 atom stereocenters. The van der Waals surface area contributed by atoms with E-state index in [1.165, 1.54) is 37.1 Å². The van der Waals surface area contributed by atoms with Gasteiger partial charge in [-0.05, 0) is 120 Å². The molecule has 22 nitrogen and oxygen atoms in total. The third-order valence-corrected chi connectivity index (χ3v) is 19.8. The summed E-state index contributed by atoms with van der Waals surface area (Å²) >= 11 is 0. The Balaban J connectivity index is 1.19. The van der Waals surface area contributed by atoms with Crippen molar-refractivity contribution < 1.29 is 78.5 Å². The number of fused-ring (bicyclic) bond motifs is 6. The predicted molar refractivity (Wildman–Crippen MR) is 340 cm³/mol. The smallest absolute Gasteiger partial charge is 0.333 e. The van der Waals surface area contributed by atoms with Crippen LogP contribution in [0.2, 0.25) is 0 Å². The lowest BCUT2D eigenvalue weighted by Crippen LogP contribution is -2.32. The molecule has 0 radical (unpaired) electrons. The first-order chi connectivity index (χ1) is 43.5. The summed E-state index contributed by atoms with van der Waals surface area (Å²) in [6, 6.07) is 9.13. The first-order valence-corrected chi connectivity index (χ1v) is 35.8. The SMILES string of the molecule is CC12CCCCCC(=O)NCCCCCCCCCCCCNC(=O)CCCCCC3(C)/C(=C/C=C/C=C/C1=[N+](CCCCCC(=O)ON1C(=O)CCC1=O)c1ccc(S(=O)(=O)O)cc12)N(CCCCCC(=O)ON1C(=O)CCC1=O)c1ccc(S(=O)(=O)O)cc13. The highest BCUT2D eigenvalue weighted by molar-refractivity contribution is 7.86. The fourth-order valence-corrected chi connectivity index (χ4v) is 14.0. The van der Waals surface area contributed by atoms with Gasteiger partial charge in [0.15, 0.2) is 5.71 Å². The fraction of sp³-hybridized carbons (Fsp3) is 0.597. The van der Waals surface area contributed by atoms with E-state index in [4.69, 9.17) is 9.68 Å². The van der Waals surface area contributed by atoms with Crippen LogP contribution >= 0.6 is 0 Å². The highest BCUT2D eigenvalue weighted by atomic mass is 32.2. The molecule has 6 amide bonds. The standard InChI is InChI=1S/C67H92N6O16S2/c1-66-42-22-12-18-30-58(74)68-44-24-9-7-5-3-4-6-8-10-25-45-69-59(75)31-19-13-23-43-67(2)53-49-51(91(85,86)87)35-37-55(53)71(47-27-15-21-33-65(81)89-73-62(78)40-41-63(73)79)57(67)29-17-11-16-28-56(66)70(54-36-34-50(48-52(54)66)90(82,83)84)46-26-14-20-32-64(80)88-72-60(76)38-39-61(72)77/h11,16-17,28-29,34-37,48-49H,3-10,12-15,18-27,30-33,38-47H2,1-2H3,(H3-,68,69,74,75,82,83,84,85,86,87)/p+1. The van der Waals surface area contributed by atoms with E-state index < -0.39 is 66.6 Å². The monoisotopic (exact) mass is 1300 g/mol. The van der Waals surface area contributed by atoms with E-state index in [0.717, 1.165) is 74.2 Å². The van der Waals surface area contributed by atoms with Crippen LogP contribution in [0.5, 0.6) is 0 Å². The Bertz CT molecular complexity index is 3310. The molecule has 0 aromatic heterocycles. The largest absolute Gasteiger partial charge is 0.356 e. The maximum Gasteiger partial charge on any atom is 0.333 e. The first kappa shape index (κ1) is 71.5. The van der Waals surface area contributed by atoms with Crippen molar-refractivity contribution in [2.75, 3.05) is 31.1 Å². The molecule has 0 saturated carbocycles. The zero-order valence-corrected chi connectivity index (χ0v) is 54.7. The molecule has 7 rings (SSSR count). The molecule has 5 heterocycles. The van der Waals surface area contributed by atoms with Crippen LogP contribution in [-0.2, 0) is 79.1 Å². The number of anilines is 1. The number of carbonyl (C=O) groups excluding carboxylic acids is 8. The minimum absolute atomic E-state index is 0.00235. The number of rotatable bonds is 16. The van der Waals surface area contributed by atoms with Crippen LogP contribution in [0.25, 0.3) is 0 Å². The number of hydroxylamine groups is 4. The number of amides is 6. The highest BCUT2D eigenvalue weighted by Gasteiger charge is 2.48. The second-order valence-electron chi connectivity index (χ2n) is 25.0. The Morgan fingerprint density at radius 1 is 0.527 bits per heavy atom. The lowest BCUT2D eigenvalue weighted by atomic mass is 9.75. The lowest BCUT2D eigenvalue weighted by molar-refractivity contribution is -0.438. The molecule has 2 unspecified atom stereocenters. The van der Waals surface area contributed by atoms with Crippen LogP contribution in [0.15, 0.2) is 82.3 Å². The van der Waals surface area contributed by atoms with Crippen LogP contribution in [0.4, 0.5) is 11.4 Å². The van der Waals surface area contributed by atoms with Gasteiger partial charge in [0.25, 0.3) is 43.9 Å². The molecular formula is C67H93N6O16S2+. The van der Waals surface area contributed by atoms with E-state index in [1.54, 1.807) is 12.1 Å². The minimum atomic E-state index is -4.62. The third-order valence-electron chi connectivity index (χ3n) is 18.1. The van der Waals surface area contributed by atoms with Gasteiger partial charge < -0.3 is 25.2 Å². The van der Waals surface area contributed by atoms with Crippen LogP contribution < -0.4 is 15.5 Å². The number of benzene rings is 2. The second kappa shape index (κ2) is 34.1. The molecule has 0 bridgehead atoms. The Morgan fingerprint density at radius 3 is 1.51 bits per heavy atom. The maximum absolute atomic E-state index is 13.0. The van der Waals surface area contributed by atoms with Gasteiger partial charge in [-0.25, -0.2) is 9.59 Å². The molecule has 2 aromatic rings. The molecule has 2 fully saturated rings. The van der Waals surface area contributed by atoms with Gasteiger partial charge in [0, 0.05) is 112 Å². The minimum Gasteiger partial charge on any atom is -0.356 e. The van der Waals surface area contributed by atoms with Gasteiger partial charge in [-0.15, -0.1) is 10.1 Å². The molecule has 0 aliphatic carbocycles. The predicted octanol–water partition coefficient (Wildman–Crippen LogP) is 10.7. The molecule has 24 heteroatoms. The summed E-state index contributed by atoms with van der Waals surface area (Å²) in [6.45, 7) is 6.18. The number of carbonyl (C=O) groups is 8. The normalized spacial score (nSPS) is 23.4. The summed E-state index contributed by atoms with van der Waals surface area (Å²) in [4.78, 5) is 112.